The number of halogens is 3. The van der Waals surface area contributed by atoms with Crippen LogP contribution < -0.4 is 10.2 Å². The first-order valence-electron chi connectivity index (χ1n) is 6.66. The number of rotatable bonds is 4. The average molecular weight is 331 g/mol. The third-order valence-corrected chi connectivity index (χ3v) is 3.17. The number of alkyl halides is 3. The Hall–Kier alpha value is -2.42. The number of hydrogen-bond acceptors (Lipinski definition) is 4. The minimum Gasteiger partial charge on any atom is -0.466 e. The molecule has 0 aromatic heterocycles. The van der Waals surface area contributed by atoms with Gasteiger partial charge >= 0.3 is 12.2 Å². The highest BCUT2D eigenvalue weighted by Crippen LogP contribution is 2.32. The molecule has 2 amide bonds. The van der Waals surface area contributed by atoms with E-state index in [9.17, 15) is 18.0 Å². The first-order chi connectivity index (χ1) is 10.8. The van der Waals surface area contributed by atoms with Crippen LogP contribution in [0.2, 0.25) is 0 Å². The molecule has 0 atom stereocenters. The molecule has 0 unspecified atom stereocenters. The summed E-state index contributed by atoms with van der Waals surface area (Å²) in [6.45, 7) is 0.00716. The van der Waals surface area contributed by atoms with Crippen LogP contribution in [-0.2, 0) is 16.1 Å². The van der Waals surface area contributed by atoms with Gasteiger partial charge in [0.2, 0.25) is 5.76 Å². The zero-order chi connectivity index (χ0) is 17.0. The van der Waals surface area contributed by atoms with Gasteiger partial charge in [-0.1, -0.05) is 12.1 Å². The van der Waals surface area contributed by atoms with E-state index >= 15 is 0 Å². The van der Waals surface area contributed by atoms with Crippen molar-refractivity contribution in [3.05, 3.63) is 41.8 Å². The lowest BCUT2D eigenvalue weighted by Crippen LogP contribution is -2.36. The summed E-state index contributed by atoms with van der Waals surface area (Å²) in [7, 11) is 2.85. The number of carbonyl (C=O) groups is 1. The number of urea groups is 1. The van der Waals surface area contributed by atoms with Gasteiger partial charge in [0, 0.05) is 12.7 Å². The summed E-state index contributed by atoms with van der Waals surface area (Å²) in [6, 6.07) is 6.29. The Balaban J connectivity index is 2.06. The van der Waals surface area contributed by atoms with Gasteiger partial charge in [-0.2, -0.15) is 18.2 Å². The van der Waals surface area contributed by atoms with E-state index in [1.165, 1.54) is 19.1 Å². The predicted octanol–water partition coefficient (Wildman–Crippen LogP) is 2.59. The van der Waals surface area contributed by atoms with Crippen LogP contribution >= 0.6 is 0 Å². The maximum Gasteiger partial charge on any atom is 0.450 e. The highest BCUT2D eigenvalue weighted by Gasteiger charge is 2.39. The number of allylic oxidation sites excluding steroid dienone is 1. The Morgan fingerprint density at radius 3 is 2.52 bits per heavy atom. The lowest BCUT2D eigenvalue weighted by molar-refractivity contribution is -0.126. The Morgan fingerprint density at radius 1 is 1.39 bits per heavy atom. The van der Waals surface area contributed by atoms with E-state index in [1.807, 2.05) is 0 Å². The minimum absolute atomic E-state index is 0.198. The summed E-state index contributed by atoms with van der Waals surface area (Å²) >= 11 is 0. The van der Waals surface area contributed by atoms with Crippen molar-refractivity contribution >= 4 is 11.7 Å². The fraction of sp³-hybridized carbons (Fsp3) is 0.357. The van der Waals surface area contributed by atoms with Crippen LogP contribution in [-0.4, -0.2) is 38.2 Å². The summed E-state index contributed by atoms with van der Waals surface area (Å²) in [5, 5.41) is 3.55. The molecule has 1 aromatic rings. The maximum atomic E-state index is 12.5. The normalized spacial score (nSPS) is 14.3. The fourth-order valence-corrected chi connectivity index (χ4v) is 1.96. The zero-order valence-corrected chi connectivity index (χ0v) is 12.6. The SMILES string of the molecule is CNC(=O)N(Cc1ccc(N2C=C(C(F)(F)F)OC2)cc1)OC. The molecule has 0 fully saturated rings. The Labute approximate surface area is 131 Å². The number of hydrogen-bond donors (Lipinski definition) is 1. The van der Waals surface area contributed by atoms with Crippen LogP contribution in [0.5, 0.6) is 0 Å². The van der Waals surface area contributed by atoms with Crippen LogP contribution in [0.15, 0.2) is 36.2 Å². The number of amides is 2. The van der Waals surface area contributed by atoms with Crippen molar-refractivity contribution in [1.29, 1.82) is 0 Å². The topological polar surface area (TPSA) is 54.0 Å². The van der Waals surface area contributed by atoms with Gasteiger partial charge in [-0.3, -0.25) is 4.84 Å². The van der Waals surface area contributed by atoms with Crippen molar-refractivity contribution in [3.8, 4) is 0 Å². The van der Waals surface area contributed by atoms with Crippen molar-refractivity contribution in [1.82, 2.24) is 10.4 Å². The van der Waals surface area contributed by atoms with Crippen LogP contribution in [0.1, 0.15) is 5.56 Å². The number of nitrogens with one attached hydrogen (secondary N) is 1. The first-order valence-corrected chi connectivity index (χ1v) is 6.66. The second-order valence-electron chi connectivity index (χ2n) is 4.68. The van der Waals surface area contributed by atoms with E-state index in [2.05, 4.69) is 10.1 Å². The third-order valence-electron chi connectivity index (χ3n) is 3.17. The van der Waals surface area contributed by atoms with E-state index in [0.29, 0.717) is 5.69 Å². The molecule has 126 valence electrons. The molecular weight excluding hydrogens is 315 g/mol. The molecule has 1 aliphatic rings. The molecule has 1 heterocycles. The molecule has 0 saturated heterocycles. The molecular formula is C14H16F3N3O3. The summed E-state index contributed by atoms with van der Waals surface area (Å²) in [5.74, 6) is -1.02. The summed E-state index contributed by atoms with van der Waals surface area (Å²) < 4.78 is 42.2. The predicted molar refractivity (Wildman–Crippen MR) is 76.0 cm³/mol. The molecule has 1 N–H and O–H groups in total. The molecule has 2 rings (SSSR count). The quantitative estimate of drug-likeness (QED) is 0.862. The lowest BCUT2D eigenvalue weighted by atomic mass is 10.2. The monoisotopic (exact) mass is 331 g/mol. The van der Waals surface area contributed by atoms with Crippen LogP contribution in [0.25, 0.3) is 0 Å². The molecule has 23 heavy (non-hydrogen) atoms. The summed E-state index contributed by atoms with van der Waals surface area (Å²) in [4.78, 5) is 17.8. The van der Waals surface area contributed by atoms with E-state index in [0.717, 1.165) is 16.8 Å². The number of carbonyl (C=O) groups excluding carboxylic acids is 1. The zero-order valence-electron chi connectivity index (χ0n) is 12.6. The van der Waals surface area contributed by atoms with Gasteiger partial charge in [-0.05, 0) is 17.7 Å². The van der Waals surface area contributed by atoms with Gasteiger partial charge in [0.1, 0.15) is 0 Å². The van der Waals surface area contributed by atoms with Gasteiger partial charge in [0.15, 0.2) is 6.73 Å². The number of ether oxygens (including phenoxy) is 1. The van der Waals surface area contributed by atoms with Gasteiger partial charge < -0.3 is 15.0 Å². The van der Waals surface area contributed by atoms with Gasteiger partial charge in [0.25, 0.3) is 0 Å². The molecule has 6 nitrogen and oxygen atoms in total. The Bertz CT molecular complexity index is 587. The minimum atomic E-state index is -4.50. The largest absolute Gasteiger partial charge is 0.466 e. The Kier molecular flexibility index (Phi) is 4.99. The smallest absolute Gasteiger partial charge is 0.450 e. The van der Waals surface area contributed by atoms with Crippen molar-refractivity contribution in [2.45, 2.75) is 12.7 Å². The van der Waals surface area contributed by atoms with E-state index in [-0.39, 0.29) is 13.3 Å². The molecule has 0 saturated carbocycles. The Morgan fingerprint density at radius 2 is 2.04 bits per heavy atom. The van der Waals surface area contributed by atoms with Crippen molar-refractivity contribution < 1.29 is 27.5 Å². The second-order valence-corrected chi connectivity index (χ2v) is 4.68. The van der Waals surface area contributed by atoms with E-state index < -0.39 is 18.0 Å². The molecule has 1 aromatic carbocycles. The first kappa shape index (κ1) is 16.9. The highest BCUT2D eigenvalue weighted by atomic mass is 19.4. The summed E-state index contributed by atoms with van der Waals surface area (Å²) in [6.07, 6.45) is -3.58. The lowest BCUT2D eigenvalue weighted by Gasteiger charge is -2.19. The average Bonchev–Trinajstić information content (AvgIpc) is 3.02. The maximum absolute atomic E-state index is 12.5. The molecule has 0 radical (unpaired) electrons. The number of hydroxylamine groups is 2. The van der Waals surface area contributed by atoms with Crippen molar-refractivity contribution in [2.75, 3.05) is 25.8 Å². The number of benzene rings is 1. The standard InChI is InChI=1S/C14H16F3N3O3/c1-18-13(21)20(22-2)7-10-3-5-11(6-4-10)19-8-12(23-9-19)14(15,16)17/h3-6,8H,7,9H2,1-2H3,(H,18,21). The van der Waals surface area contributed by atoms with Crippen LogP contribution in [0.3, 0.4) is 0 Å². The molecule has 0 bridgehead atoms. The van der Waals surface area contributed by atoms with Crippen LogP contribution in [0, 0.1) is 0 Å². The molecule has 0 aliphatic carbocycles. The third kappa shape index (κ3) is 4.07. The number of nitrogens with zero attached hydrogens (tertiary/aromatic N) is 2. The highest BCUT2D eigenvalue weighted by molar-refractivity contribution is 5.72. The van der Waals surface area contributed by atoms with E-state index in [4.69, 9.17) is 4.84 Å². The number of anilines is 1. The molecule has 0 spiro atoms. The van der Waals surface area contributed by atoms with E-state index in [1.54, 1.807) is 24.3 Å². The van der Waals surface area contributed by atoms with Gasteiger partial charge in [-0.15, -0.1) is 0 Å². The van der Waals surface area contributed by atoms with Gasteiger partial charge in [-0.25, -0.2) is 4.79 Å². The molecule has 9 heteroatoms. The molecule has 1 aliphatic heterocycles. The van der Waals surface area contributed by atoms with Gasteiger partial charge in [0.05, 0.1) is 19.9 Å². The fourth-order valence-electron chi connectivity index (χ4n) is 1.96. The second kappa shape index (κ2) is 6.78. The summed E-state index contributed by atoms with van der Waals surface area (Å²) in [5.41, 5.74) is 1.32. The van der Waals surface area contributed by atoms with Crippen LogP contribution in [0.4, 0.5) is 23.7 Å². The van der Waals surface area contributed by atoms with Crippen molar-refractivity contribution in [2.24, 2.45) is 0 Å². The van der Waals surface area contributed by atoms with Crippen molar-refractivity contribution in [3.63, 3.8) is 0 Å².